The first-order chi connectivity index (χ1) is 9.95. The van der Waals surface area contributed by atoms with Crippen LogP contribution in [-0.4, -0.2) is 0 Å². The average molecular weight is 279 g/mol. The maximum atomic E-state index is 12.3. The zero-order valence-corrected chi connectivity index (χ0v) is 12.4. The van der Waals surface area contributed by atoms with Crippen LogP contribution in [-0.2, 0) is 0 Å². The van der Waals surface area contributed by atoms with Gasteiger partial charge in [0.2, 0.25) is 0 Å². The number of anilines is 1. The highest BCUT2D eigenvalue weighted by Crippen LogP contribution is 2.26. The lowest BCUT2D eigenvalue weighted by atomic mass is 10.0. The summed E-state index contributed by atoms with van der Waals surface area (Å²) in [4.78, 5) is 12.3. The van der Waals surface area contributed by atoms with Crippen LogP contribution < -0.4 is 11.2 Å². The molecule has 0 aliphatic rings. The van der Waals surface area contributed by atoms with E-state index in [0.29, 0.717) is 22.4 Å². The Labute approximate surface area is 123 Å². The van der Waals surface area contributed by atoms with Crippen molar-refractivity contribution in [2.24, 2.45) is 0 Å². The highest BCUT2D eigenvalue weighted by atomic mass is 16.3. The first kappa shape index (κ1) is 13.4. The van der Waals surface area contributed by atoms with Gasteiger partial charge in [-0.05, 0) is 55.7 Å². The molecule has 0 aliphatic carbocycles. The summed E-state index contributed by atoms with van der Waals surface area (Å²) in [6, 6.07) is 11.0. The molecule has 0 saturated carbocycles. The lowest BCUT2D eigenvalue weighted by molar-refractivity contribution is 0.618. The second kappa shape index (κ2) is 4.77. The van der Waals surface area contributed by atoms with Gasteiger partial charge < -0.3 is 10.2 Å². The van der Waals surface area contributed by atoms with Gasteiger partial charge in [-0.25, -0.2) is 0 Å². The number of nitrogen functional groups attached to an aromatic ring is 1. The predicted molar refractivity (Wildman–Crippen MR) is 86.5 cm³/mol. The Morgan fingerprint density at radius 1 is 0.905 bits per heavy atom. The molecule has 2 N–H and O–H groups in total. The third kappa shape index (κ3) is 2.31. The molecule has 0 atom stereocenters. The molecule has 3 heteroatoms. The van der Waals surface area contributed by atoms with Gasteiger partial charge in [0.05, 0.1) is 5.39 Å². The summed E-state index contributed by atoms with van der Waals surface area (Å²) in [5.41, 5.74) is 11.2. The molecule has 0 unspecified atom stereocenters. The van der Waals surface area contributed by atoms with E-state index in [1.807, 2.05) is 51.1 Å². The normalized spacial score (nSPS) is 11.0. The van der Waals surface area contributed by atoms with Gasteiger partial charge in [0.25, 0.3) is 0 Å². The fourth-order valence-electron chi connectivity index (χ4n) is 2.35. The molecule has 1 heterocycles. The van der Waals surface area contributed by atoms with E-state index in [2.05, 4.69) is 0 Å². The van der Waals surface area contributed by atoms with Crippen LogP contribution in [0.5, 0.6) is 0 Å². The van der Waals surface area contributed by atoms with Gasteiger partial charge >= 0.3 is 0 Å². The fourth-order valence-corrected chi connectivity index (χ4v) is 2.35. The summed E-state index contributed by atoms with van der Waals surface area (Å²) in [5.74, 6) is 0.544. The molecular weight excluding hydrogens is 262 g/mol. The van der Waals surface area contributed by atoms with Gasteiger partial charge in [-0.15, -0.1) is 0 Å². The largest absolute Gasteiger partial charge is 0.456 e. The smallest absolute Gasteiger partial charge is 0.193 e. The van der Waals surface area contributed by atoms with Crippen LogP contribution >= 0.6 is 0 Å². The molecule has 106 valence electrons. The number of fused-ring (bicyclic) bond motifs is 1. The molecule has 3 rings (SSSR count). The standard InChI is InChI=1S/C18H17NO2/c1-10-4-5-13(8-15(10)19)17-9-16(20)14-6-11(2)12(3)7-18(14)21-17/h4-9H,19H2,1-3H3. The minimum Gasteiger partial charge on any atom is -0.456 e. The maximum absolute atomic E-state index is 12.3. The van der Waals surface area contributed by atoms with E-state index < -0.39 is 0 Å². The van der Waals surface area contributed by atoms with Crippen LogP contribution in [0.15, 0.2) is 45.6 Å². The molecule has 0 radical (unpaired) electrons. The zero-order valence-electron chi connectivity index (χ0n) is 12.4. The summed E-state index contributed by atoms with van der Waals surface area (Å²) < 4.78 is 5.90. The van der Waals surface area contributed by atoms with Crippen molar-refractivity contribution < 1.29 is 4.42 Å². The highest BCUT2D eigenvalue weighted by molar-refractivity contribution is 5.80. The van der Waals surface area contributed by atoms with Crippen LogP contribution in [0.1, 0.15) is 16.7 Å². The third-order valence-corrected chi connectivity index (χ3v) is 3.91. The summed E-state index contributed by atoms with van der Waals surface area (Å²) in [5, 5.41) is 0.613. The van der Waals surface area contributed by atoms with Crippen LogP contribution in [0.4, 0.5) is 5.69 Å². The molecule has 0 aliphatic heterocycles. The van der Waals surface area contributed by atoms with E-state index in [0.717, 1.165) is 22.3 Å². The SMILES string of the molecule is Cc1cc2oc(-c3ccc(C)c(N)c3)cc(=O)c2cc1C. The average Bonchev–Trinajstić information content (AvgIpc) is 2.44. The van der Waals surface area contributed by atoms with Gasteiger partial charge in [0, 0.05) is 17.3 Å². The van der Waals surface area contributed by atoms with Crippen LogP contribution in [0.3, 0.4) is 0 Å². The molecule has 0 bridgehead atoms. The Morgan fingerprint density at radius 2 is 1.62 bits per heavy atom. The Balaban J connectivity index is 2.27. The van der Waals surface area contributed by atoms with E-state index in [9.17, 15) is 4.79 Å². The number of nitrogens with two attached hydrogens (primary N) is 1. The monoisotopic (exact) mass is 279 g/mol. The Hall–Kier alpha value is -2.55. The number of aryl methyl sites for hydroxylation is 3. The lowest BCUT2D eigenvalue weighted by Crippen LogP contribution is -2.01. The summed E-state index contributed by atoms with van der Waals surface area (Å²) >= 11 is 0. The van der Waals surface area contributed by atoms with Crippen molar-refractivity contribution in [3.63, 3.8) is 0 Å². The van der Waals surface area contributed by atoms with E-state index in [1.54, 1.807) is 0 Å². The first-order valence-electron chi connectivity index (χ1n) is 6.87. The topological polar surface area (TPSA) is 56.2 Å². The molecule has 1 aromatic heterocycles. The minimum atomic E-state index is -0.0338. The molecule has 3 aromatic rings. The van der Waals surface area contributed by atoms with Crippen molar-refractivity contribution in [1.82, 2.24) is 0 Å². The van der Waals surface area contributed by atoms with E-state index in [4.69, 9.17) is 10.2 Å². The van der Waals surface area contributed by atoms with Gasteiger partial charge in [-0.3, -0.25) is 4.79 Å². The van der Waals surface area contributed by atoms with Crippen molar-refractivity contribution in [3.05, 3.63) is 63.3 Å². The van der Waals surface area contributed by atoms with Gasteiger partial charge in [-0.1, -0.05) is 12.1 Å². The van der Waals surface area contributed by atoms with Crippen molar-refractivity contribution in [2.75, 3.05) is 5.73 Å². The van der Waals surface area contributed by atoms with Crippen molar-refractivity contribution in [3.8, 4) is 11.3 Å². The first-order valence-corrected chi connectivity index (χ1v) is 6.87. The van der Waals surface area contributed by atoms with Crippen molar-refractivity contribution >= 4 is 16.7 Å². The van der Waals surface area contributed by atoms with E-state index >= 15 is 0 Å². The molecule has 3 nitrogen and oxygen atoms in total. The highest BCUT2D eigenvalue weighted by Gasteiger charge is 2.09. The molecular formula is C18H17NO2. The third-order valence-electron chi connectivity index (χ3n) is 3.91. The second-order valence-corrected chi connectivity index (χ2v) is 5.48. The number of hydrogen-bond donors (Lipinski definition) is 1. The van der Waals surface area contributed by atoms with Gasteiger partial charge in [-0.2, -0.15) is 0 Å². The van der Waals surface area contributed by atoms with Gasteiger partial charge in [0.15, 0.2) is 5.43 Å². The molecule has 21 heavy (non-hydrogen) atoms. The quantitative estimate of drug-likeness (QED) is 0.686. The molecule has 0 spiro atoms. The number of hydrogen-bond acceptors (Lipinski definition) is 3. The van der Waals surface area contributed by atoms with E-state index in [-0.39, 0.29) is 5.43 Å². The summed E-state index contributed by atoms with van der Waals surface area (Å²) in [7, 11) is 0. The number of rotatable bonds is 1. The Morgan fingerprint density at radius 3 is 2.33 bits per heavy atom. The Kier molecular flexibility index (Phi) is 3.05. The van der Waals surface area contributed by atoms with Crippen LogP contribution in [0.2, 0.25) is 0 Å². The number of benzene rings is 2. The van der Waals surface area contributed by atoms with Crippen LogP contribution in [0.25, 0.3) is 22.3 Å². The lowest BCUT2D eigenvalue weighted by Gasteiger charge is -2.07. The zero-order chi connectivity index (χ0) is 15.1. The summed E-state index contributed by atoms with van der Waals surface area (Å²) in [6.07, 6.45) is 0. The van der Waals surface area contributed by atoms with Crippen molar-refractivity contribution in [1.29, 1.82) is 0 Å². The second-order valence-electron chi connectivity index (χ2n) is 5.48. The van der Waals surface area contributed by atoms with Crippen LogP contribution in [0, 0.1) is 20.8 Å². The van der Waals surface area contributed by atoms with Gasteiger partial charge in [0.1, 0.15) is 11.3 Å². The molecule has 0 saturated heterocycles. The van der Waals surface area contributed by atoms with Crippen molar-refractivity contribution in [2.45, 2.75) is 20.8 Å². The minimum absolute atomic E-state index is 0.0338. The molecule has 0 fully saturated rings. The molecule has 0 amide bonds. The maximum Gasteiger partial charge on any atom is 0.193 e. The predicted octanol–water partition coefficient (Wildman–Crippen LogP) is 3.97. The molecule has 2 aromatic carbocycles. The summed E-state index contributed by atoms with van der Waals surface area (Å²) in [6.45, 7) is 5.94. The Bertz CT molecular complexity index is 907. The fraction of sp³-hybridized carbons (Fsp3) is 0.167. The van der Waals surface area contributed by atoms with E-state index in [1.165, 1.54) is 6.07 Å².